The number of carboxylic acid groups (broad SMARTS) is 1. The summed E-state index contributed by atoms with van der Waals surface area (Å²) in [7, 11) is 0. The second-order valence-corrected chi connectivity index (χ2v) is 8.13. The van der Waals surface area contributed by atoms with Crippen molar-refractivity contribution < 1.29 is 19.5 Å². The molecular weight excluding hydrogens is 356 g/mol. The van der Waals surface area contributed by atoms with E-state index in [1.54, 1.807) is 0 Å². The molecule has 6 nitrogen and oxygen atoms in total. The van der Waals surface area contributed by atoms with Gasteiger partial charge < -0.3 is 15.7 Å². The van der Waals surface area contributed by atoms with E-state index >= 15 is 0 Å². The lowest BCUT2D eigenvalue weighted by Gasteiger charge is -2.25. The van der Waals surface area contributed by atoms with Crippen molar-refractivity contribution in [3.05, 3.63) is 29.8 Å². The van der Waals surface area contributed by atoms with E-state index in [0.29, 0.717) is 32.2 Å². The normalized spacial score (nSPS) is 23.0. The van der Waals surface area contributed by atoms with Gasteiger partial charge in [0, 0.05) is 24.1 Å². The molecule has 1 aromatic rings. The Morgan fingerprint density at radius 3 is 2.18 bits per heavy atom. The van der Waals surface area contributed by atoms with Gasteiger partial charge in [-0.1, -0.05) is 31.4 Å². The number of amides is 2. The van der Waals surface area contributed by atoms with Gasteiger partial charge in [0.1, 0.15) is 0 Å². The van der Waals surface area contributed by atoms with Crippen LogP contribution in [0.15, 0.2) is 24.3 Å². The summed E-state index contributed by atoms with van der Waals surface area (Å²) in [6, 6.07) is 7.59. The molecule has 0 aliphatic heterocycles. The molecular formula is C22H30N2O4. The first-order valence-electron chi connectivity index (χ1n) is 10.4. The van der Waals surface area contributed by atoms with Gasteiger partial charge in [0.25, 0.3) is 0 Å². The number of benzene rings is 1. The maximum absolute atomic E-state index is 12.4. The standard InChI is InChI=1S/C22H30N2O4/c25-20(17-9-11-18(12-10-17)22(27)28)23-14-15-5-4-8-19(13-15)24-21(26)16-6-2-1-3-7-16/h4-5,8,13,16-18H,1-3,6-7,9-12,14H2,(H,23,25)(H,24,26)(H,27,28). The summed E-state index contributed by atoms with van der Waals surface area (Å²) in [5.74, 6) is -0.987. The van der Waals surface area contributed by atoms with Crippen LogP contribution in [0.4, 0.5) is 5.69 Å². The molecule has 28 heavy (non-hydrogen) atoms. The smallest absolute Gasteiger partial charge is 0.306 e. The van der Waals surface area contributed by atoms with Gasteiger partial charge in [0.15, 0.2) is 0 Å². The molecule has 2 saturated carbocycles. The molecule has 0 saturated heterocycles. The number of aliphatic carboxylic acids is 1. The van der Waals surface area contributed by atoms with Crippen LogP contribution >= 0.6 is 0 Å². The van der Waals surface area contributed by atoms with Gasteiger partial charge in [-0.2, -0.15) is 0 Å². The van der Waals surface area contributed by atoms with Crippen molar-refractivity contribution in [2.24, 2.45) is 17.8 Å². The molecule has 2 aliphatic carbocycles. The van der Waals surface area contributed by atoms with E-state index in [1.165, 1.54) is 6.42 Å². The zero-order valence-electron chi connectivity index (χ0n) is 16.3. The number of carbonyl (C=O) groups is 3. The molecule has 2 aliphatic rings. The van der Waals surface area contributed by atoms with Gasteiger partial charge in [0.05, 0.1) is 5.92 Å². The molecule has 6 heteroatoms. The van der Waals surface area contributed by atoms with Crippen molar-refractivity contribution in [2.75, 3.05) is 5.32 Å². The number of nitrogens with one attached hydrogen (secondary N) is 2. The van der Waals surface area contributed by atoms with E-state index < -0.39 is 5.97 Å². The second kappa shape index (κ2) is 9.71. The van der Waals surface area contributed by atoms with Crippen molar-refractivity contribution in [3.8, 4) is 0 Å². The summed E-state index contributed by atoms with van der Waals surface area (Å²) in [5, 5.41) is 15.0. The van der Waals surface area contributed by atoms with E-state index in [-0.39, 0.29) is 29.6 Å². The highest BCUT2D eigenvalue weighted by atomic mass is 16.4. The van der Waals surface area contributed by atoms with Crippen molar-refractivity contribution in [1.29, 1.82) is 0 Å². The van der Waals surface area contributed by atoms with Crippen molar-refractivity contribution in [2.45, 2.75) is 64.3 Å². The Bertz CT molecular complexity index is 704. The first-order valence-corrected chi connectivity index (χ1v) is 10.4. The molecule has 0 bridgehead atoms. The summed E-state index contributed by atoms with van der Waals surface area (Å²) < 4.78 is 0. The third-order valence-electron chi connectivity index (χ3n) is 6.08. The van der Waals surface area contributed by atoms with Crippen LogP contribution in [0, 0.1) is 17.8 Å². The lowest BCUT2D eigenvalue weighted by molar-refractivity contribution is -0.144. The number of rotatable bonds is 6. The maximum Gasteiger partial charge on any atom is 0.306 e. The highest BCUT2D eigenvalue weighted by Crippen LogP contribution is 2.29. The molecule has 0 atom stereocenters. The quantitative estimate of drug-likeness (QED) is 0.694. The fourth-order valence-electron chi connectivity index (χ4n) is 4.30. The van der Waals surface area contributed by atoms with Crippen molar-refractivity contribution in [1.82, 2.24) is 5.32 Å². The highest BCUT2D eigenvalue weighted by Gasteiger charge is 2.29. The van der Waals surface area contributed by atoms with Gasteiger partial charge in [-0.3, -0.25) is 14.4 Å². The minimum absolute atomic E-state index is 0.0134. The van der Waals surface area contributed by atoms with E-state index in [1.807, 2.05) is 24.3 Å². The van der Waals surface area contributed by atoms with Gasteiger partial charge >= 0.3 is 5.97 Å². The molecule has 0 radical (unpaired) electrons. The number of carboxylic acids is 1. The van der Waals surface area contributed by atoms with Gasteiger partial charge in [-0.05, 0) is 56.2 Å². The third-order valence-corrected chi connectivity index (χ3v) is 6.08. The molecule has 0 heterocycles. The van der Waals surface area contributed by atoms with Crippen LogP contribution < -0.4 is 10.6 Å². The molecule has 1 aromatic carbocycles. The topological polar surface area (TPSA) is 95.5 Å². The van der Waals surface area contributed by atoms with Crippen LogP contribution in [0.2, 0.25) is 0 Å². The largest absolute Gasteiger partial charge is 0.481 e. The lowest BCUT2D eigenvalue weighted by Crippen LogP contribution is -2.34. The monoisotopic (exact) mass is 386 g/mol. The molecule has 2 fully saturated rings. The molecule has 2 amide bonds. The van der Waals surface area contributed by atoms with E-state index in [4.69, 9.17) is 5.11 Å². The molecule has 0 unspecified atom stereocenters. The number of anilines is 1. The number of hydrogen-bond donors (Lipinski definition) is 3. The summed E-state index contributed by atoms with van der Waals surface area (Å²) in [4.78, 5) is 35.8. The maximum atomic E-state index is 12.4. The average molecular weight is 386 g/mol. The van der Waals surface area contributed by atoms with Gasteiger partial charge in [-0.25, -0.2) is 0 Å². The fourth-order valence-corrected chi connectivity index (χ4v) is 4.30. The summed E-state index contributed by atoms with van der Waals surface area (Å²) in [6.07, 6.45) is 7.78. The molecule has 0 spiro atoms. The van der Waals surface area contributed by atoms with E-state index in [2.05, 4.69) is 10.6 Å². The predicted molar refractivity (Wildman–Crippen MR) is 107 cm³/mol. The Balaban J connectivity index is 1.47. The van der Waals surface area contributed by atoms with Crippen LogP contribution in [-0.4, -0.2) is 22.9 Å². The highest BCUT2D eigenvalue weighted by molar-refractivity contribution is 5.92. The summed E-state index contributed by atoms with van der Waals surface area (Å²) >= 11 is 0. The minimum Gasteiger partial charge on any atom is -0.481 e. The Morgan fingerprint density at radius 2 is 1.50 bits per heavy atom. The van der Waals surface area contributed by atoms with Gasteiger partial charge in [-0.15, -0.1) is 0 Å². The first kappa shape index (κ1) is 20.4. The Labute approximate surface area is 166 Å². The molecule has 152 valence electrons. The van der Waals surface area contributed by atoms with Crippen molar-refractivity contribution >= 4 is 23.5 Å². The Hall–Kier alpha value is -2.37. The number of carbonyl (C=O) groups excluding carboxylic acids is 2. The fraction of sp³-hybridized carbons (Fsp3) is 0.591. The SMILES string of the molecule is O=C(O)C1CCC(C(=O)NCc2cccc(NC(=O)C3CCCCC3)c2)CC1. The summed E-state index contributed by atoms with van der Waals surface area (Å²) in [6.45, 7) is 0.408. The minimum atomic E-state index is -0.758. The average Bonchev–Trinajstić information content (AvgIpc) is 2.73. The van der Waals surface area contributed by atoms with Crippen LogP contribution in [0.5, 0.6) is 0 Å². The first-order chi connectivity index (χ1) is 13.5. The summed E-state index contributed by atoms with van der Waals surface area (Å²) in [5.41, 5.74) is 1.71. The predicted octanol–water partition coefficient (Wildman–Crippen LogP) is 3.71. The Morgan fingerprint density at radius 1 is 0.857 bits per heavy atom. The number of hydrogen-bond acceptors (Lipinski definition) is 3. The van der Waals surface area contributed by atoms with Crippen LogP contribution in [0.1, 0.15) is 63.4 Å². The van der Waals surface area contributed by atoms with Gasteiger partial charge in [0.2, 0.25) is 11.8 Å². The van der Waals surface area contributed by atoms with E-state index in [9.17, 15) is 14.4 Å². The molecule has 3 N–H and O–H groups in total. The lowest BCUT2D eigenvalue weighted by atomic mass is 9.81. The second-order valence-electron chi connectivity index (χ2n) is 8.13. The van der Waals surface area contributed by atoms with Crippen LogP contribution in [0.25, 0.3) is 0 Å². The third kappa shape index (κ3) is 5.57. The van der Waals surface area contributed by atoms with Crippen LogP contribution in [-0.2, 0) is 20.9 Å². The Kier molecular flexibility index (Phi) is 7.06. The molecule has 0 aromatic heterocycles. The zero-order chi connectivity index (χ0) is 19.9. The van der Waals surface area contributed by atoms with E-state index in [0.717, 1.165) is 36.9 Å². The zero-order valence-corrected chi connectivity index (χ0v) is 16.3. The molecule has 3 rings (SSSR count). The van der Waals surface area contributed by atoms with Crippen LogP contribution in [0.3, 0.4) is 0 Å². The van der Waals surface area contributed by atoms with Crippen molar-refractivity contribution in [3.63, 3.8) is 0 Å².